The van der Waals surface area contributed by atoms with E-state index >= 15 is 0 Å². The van der Waals surface area contributed by atoms with Gasteiger partial charge in [-0.25, -0.2) is 9.78 Å². The highest BCUT2D eigenvalue weighted by Crippen LogP contribution is 2.25. The van der Waals surface area contributed by atoms with Crippen LogP contribution in [-0.2, 0) is 17.8 Å². The number of methoxy groups -OCH3 is 1. The molecule has 0 atom stereocenters. The van der Waals surface area contributed by atoms with Crippen LogP contribution in [0.4, 0.5) is 0 Å². The van der Waals surface area contributed by atoms with Gasteiger partial charge in [-0.15, -0.1) is 0 Å². The Morgan fingerprint density at radius 2 is 1.90 bits per heavy atom. The number of aromatic nitrogens is 1. The maximum atomic E-state index is 11.6. The molecule has 0 bridgehead atoms. The third-order valence-corrected chi connectivity index (χ3v) is 3.79. The summed E-state index contributed by atoms with van der Waals surface area (Å²) in [7, 11) is 1.33. The molecule has 0 unspecified atom stereocenters. The van der Waals surface area contributed by atoms with E-state index in [9.17, 15) is 4.79 Å². The molecule has 1 aromatic carbocycles. The molecule has 1 aromatic heterocycles. The number of nitrogens with one attached hydrogen (secondary N) is 1. The van der Waals surface area contributed by atoms with Crippen LogP contribution < -0.4 is 5.32 Å². The van der Waals surface area contributed by atoms with Crippen LogP contribution in [0.3, 0.4) is 0 Å². The monoisotopic (exact) mass is 324 g/mol. The second kappa shape index (κ2) is 7.41. The van der Waals surface area contributed by atoms with Gasteiger partial charge in [0.15, 0.2) is 5.69 Å². The van der Waals surface area contributed by atoms with E-state index in [0.29, 0.717) is 28.8 Å². The third-order valence-electron chi connectivity index (χ3n) is 2.93. The van der Waals surface area contributed by atoms with E-state index in [-0.39, 0.29) is 0 Å². The van der Waals surface area contributed by atoms with E-state index in [4.69, 9.17) is 27.9 Å². The number of hydrogen-bond donors (Lipinski definition) is 1. The Labute approximate surface area is 133 Å². The van der Waals surface area contributed by atoms with Crippen molar-refractivity contribution in [3.05, 3.63) is 63.4 Å². The summed E-state index contributed by atoms with van der Waals surface area (Å²) in [6.45, 7) is 1.01. The number of ether oxygens (including phenoxy) is 1. The van der Waals surface area contributed by atoms with Crippen molar-refractivity contribution in [3.63, 3.8) is 0 Å². The van der Waals surface area contributed by atoms with Crippen molar-refractivity contribution in [1.29, 1.82) is 0 Å². The molecule has 1 N–H and O–H groups in total. The molecule has 0 aliphatic carbocycles. The van der Waals surface area contributed by atoms with Gasteiger partial charge < -0.3 is 10.1 Å². The van der Waals surface area contributed by atoms with Gasteiger partial charge in [0.2, 0.25) is 0 Å². The molecule has 0 spiro atoms. The van der Waals surface area contributed by atoms with Gasteiger partial charge >= 0.3 is 5.97 Å². The molecule has 2 rings (SSSR count). The third kappa shape index (κ3) is 3.94. The number of carbonyl (C=O) groups excluding carboxylic acids is 1. The Morgan fingerprint density at radius 3 is 2.67 bits per heavy atom. The van der Waals surface area contributed by atoms with Gasteiger partial charge in [-0.05, 0) is 23.3 Å². The minimum atomic E-state index is -0.451. The summed E-state index contributed by atoms with van der Waals surface area (Å²) in [5, 5.41) is 4.27. The fourth-order valence-electron chi connectivity index (χ4n) is 1.88. The molecule has 1 heterocycles. The first kappa shape index (κ1) is 15.8. The van der Waals surface area contributed by atoms with E-state index < -0.39 is 5.97 Å². The summed E-state index contributed by atoms with van der Waals surface area (Å²) in [6, 6.07) is 9.08. The van der Waals surface area contributed by atoms with Gasteiger partial charge in [0.05, 0.1) is 17.2 Å². The molecule has 0 aliphatic heterocycles. The number of hydrogen-bond acceptors (Lipinski definition) is 4. The molecule has 0 saturated heterocycles. The standard InChI is InChI=1S/C15H14Cl2N2O2/c1-21-15(20)14-11(5-3-7-19-14)9-18-8-10-4-2-6-12(16)13(10)17/h2-7,18H,8-9H2,1H3. The number of halogens is 2. The van der Waals surface area contributed by atoms with Crippen LogP contribution in [0.1, 0.15) is 21.6 Å². The van der Waals surface area contributed by atoms with Crippen molar-refractivity contribution in [2.24, 2.45) is 0 Å². The quantitative estimate of drug-likeness (QED) is 0.856. The fraction of sp³-hybridized carbons (Fsp3) is 0.200. The molecule has 0 amide bonds. The lowest BCUT2D eigenvalue weighted by molar-refractivity contribution is 0.0592. The number of esters is 1. The Bertz CT molecular complexity index is 647. The Morgan fingerprint density at radius 1 is 1.19 bits per heavy atom. The van der Waals surface area contributed by atoms with Crippen LogP contribution in [0.25, 0.3) is 0 Å². The molecular formula is C15H14Cl2N2O2. The molecule has 0 aliphatic rings. The van der Waals surface area contributed by atoms with Crippen molar-refractivity contribution in [2.75, 3.05) is 7.11 Å². The van der Waals surface area contributed by atoms with Crippen LogP contribution in [0, 0.1) is 0 Å². The molecule has 110 valence electrons. The molecule has 6 heteroatoms. The summed E-state index contributed by atoms with van der Waals surface area (Å²) in [5.41, 5.74) is 1.97. The summed E-state index contributed by atoms with van der Waals surface area (Å²) < 4.78 is 4.71. The zero-order valence-electron chi connectivity index (χ0n) is 11.4. The van der Waals surface area contributed by atoms with Crippen LogP contribution in [0.15, 0.2) is 36.5 Å². The van der Waals surface area contributed by atoms with Gasteiger partial charge in [-0.3, -0.25) is 0 Å². The summed E-state index contributed by atoms with van der Waals surface area (Å²) in [6.07, 6.45) is 1.56. The lowest BCUT2D eigenvalue weighted by Gasteiger charge is -2.10. The van der Waals surface area contributed by atoms with Crippen LogP contribution in [0.2, 0.25) is 10.0 Å². The Balaban J connectivity index is 2.04. The zero-order chi connectivity index (χ0) is 15.2. The van der Waals surface area contributed by atoms with Gasteiger partial charge in [-0.1, -0.05) is 41.4 Å². The second-order valence-corrected chi connectivity index (χ2v) is 5.10. The highest BCUT2D eigenvalue weighted by Gasteiger charge is 2.12. The predicted octanol–water partition coefficient (Wildman–Crippen LogP) is 3.46. The summed E-state index contributed by atoms with van der Waals surface area (Å²) in [5.74, 6) is -0.451. The first-order valence-corrected chi connectivity index (χ1v) is 7.05. The first-order valence-electron chi connectivity index (χ1n) is 6.29. The summed E-state index contributed by atoms with van der Waals surface area (Å²) in [4.78, 5) is 15.7. The summed E-state index contributed by atoms with van der Waals surface area (Å²) >= 11 is 12.1. The highest BCUT2D eigenvalue weighted by atomic mass is 35.5. The number of benzene rings is 1. The average molecular weight is 325 g/mol. The van der Waals surface area contributed by atoms with E-state index in [1.807, 2.05) is 18.2 Å². The zero-order valence-corrected chi connectivity index (χ0v) is 12.9. The van der Waals surface area contributed by atoms with Gasteiger partial charge in [0.1, 0.15) is 0 Å². The molecule has 0 radical (unpaired) electrons. The van der Waals surface area contributed by atoms with Gasteiger partial charge in [0, 0.05) is 19.3 Å². The topological polar surface area (TPSA) is 51.2 Å². The molecule has 21 heavy (non-hydrogen) atoms. The minimum Gasteiger partial charge on any atom is -0.464 e. The van der Waals surface area contributed by atoms with Crippen molar-refractivity contribution in [3.8, 4) is 0 Å². The van der Waals surface area contributed by atoms with Crippen molar-refractivity contribution in [2.45, 2.75) is 13.1 Å². The predicted molar refractivity (Wildman–Crippen MR) is 82.6 cm³/mol. The molecular weight excluding hydrogens is 311 g/mol. The fourth-order valence-corrected chi connectivity index (χ4v) is 2.27. The van der Waals surface area contributed by atoms with E-state index in [0.717, 1.165) is 11.1 Å². The minimum absolute atomic E-state index is 0.310. The largest absolute Gasteiger partial charge is 0.464 e. The van der Waals surface area contributed by atoms with Gasteiger partial charge in [-0.2, -0.15) is 0 Å². The van der Waals surface area contributed by atoms with Crippen LogP contribution in [0.5, 0.6) is 0 Å². The SMILES string of the molecule is COC(=O)c1ncccc1CNCc1cccc(Cl)c1Cl. The number of rotatable bonds is 5. The number of pyridine rings is 1. The van der Waals surface area contributed by atoms with Crippen molar-refractivity contribution in [1.82, 2.24) is 10.3 Å². The Hall–Kier alpha value is -1.62. The molecule has 0 saturated carbocycles. The first-order chi connectivity index (χ1) is 10.1. The Kier molecular flexibility index (Phi) is 5.56. The van der Waals surface area contributed by atoms with E-state index in [2.05, 4.69) is 10.3 Å². The molecule has 4 nitrogen and oxygen atoms in total. The van der Waals surface area contributed by atoms with E-state index in [1.54, 1.807) is 18.3 Å². The van der Waals surface area contributed by atoms with Crippen LogP contribution in [-0.4, -0.2) is 18.1 Å². The number of carbonyl (C=O) groups is 1. The van der Waals surface area contributed by atoms with Gasteiger partial charge in [0.25, 0.3) is 0 Å². The van der Waals surface area contributed by atoms with Crippen molar-refractivity contribution < 1.29 is 9.53 Å². The second-order valence-electron chi connectivity index (χ2n) is 4.32. The highest BCUT2D eigenvalue weighted by molar-refractivity contribution is 6.42. The maximum Gasteiger partial charge on any atom is 0.356 e. The normalized spacial score (nSPS) is 10.4. The smallest absolute Gasteiger partial charge is 0.356 e. The molecule has 2 aromatic rings. The maximum absolute atomic E-state index is 11.6. The van der Waals surface area contributed by atoms with Crippen LogP contribution >= 0.6 is 23.2 Å². The number of nitrogens with zero attached hydrogens (tertiary/aromatic N) is 1. The lowest BCUT2D eigenvalue weighted by atomic mass is 10.1. The van der Waals surface area contributed by atoms with E-state index in [1.165, 1.54) is 7.11 Å². The lowest BCUT2D eigenvalue weighted by Crippen LogP contribution is -2.17. The van der Waals surface area contributed by atoms with Crippen molar-refractivity contribution >= 4 is 29.2 Å². The average Bonchev–Trinajstić information content (AvgIpc) is 2.51. The molecule has 0 fully saturated rings.